The molecule has 0 spiro atoms. The molecule has 1 saturated heterocycles. The number of hydrogen-bond acceptors (Lipinski definition) is 4. The molecule has 0 saturated carbocycles. The zero-order valence-corrected chi connectivity index (χ0v) is 12.9. The van der Waals surface area contributed by atoms with Crippen LogP contribution < -0.4 is 4.90 Å². The molecule has 0 aliphatic carbocycles. The molecule has 0 amide bonds. The third-order valence-corrected chi connectivity index (χ3v) is 4.16. The van der Waals surface area contributed by atoms with Crippen LogP contribution in [0.15, 0.2) is 30.3 Å². The second-order valence-electron chi connectivity index (χ2n) is 5.58. The molecule has 1 aliphatic rings. The normalized spacial score (nSPS) is 16.4. The molecule has 21 heavy (non-hydrogen) atoms. The molecule has 3 rings (SSSR count). The van der Waals surface area contributed by atoms with Crippen LogP contribution in [0.1, 0.15) is 18.3 Å². The van der Waals surface area contributed by atoms with Crippen molar-refractivity contribution in [1.82, 2.24) is 19.7 Å². The summed E-state index contributed by atoms with van der Waals surface area (Å²) in [6.45, 7) is 7.33. The molecule has 0 radical (unpaired) electrons. The van der Waals surface area contributed by atoms with Crippen LogP contribution in [0.25, 0.3) is 0 Å². The van der Waals surface area contributed by atoms with Gasteiger partial charge in [-0.2, -0.15) is 0 Å². The SMILES string of the molecule is CCc1nnc(N2CCN(Cc3ccccc3)CC2)n1C. The lowest BCUT2D eigenvalue weighted by molar-refractivity contribution is 0.248. The maximum atomic E-state index is 4.34. The Labute approximate surface area is 126 Å². The second-order valence-corrected chi connectivity index (χ2v) is 5.58. The van der Waals surface area contributed by atoms with Crippen molar-refractivity contribution >= 4 is 5.95 Å². The van der Waals surface area contributed by atoms with Crippen molar-refractivity contribution in [2.75, 3.05) is 31.1 Å². The maximum absolute atomic E-state index is 4.34. The Morgan fingerprint density at radius 3 is 2.33 bits per heavy atom. The fourth-order valence-electron chi connectivity index (χ4n) is 2.88. The molecule has 0 atom stereocenters. The van der Waals surface area contributed by atoms with Crippen LogP contribution in [0.4, 0.5) is 5.95 Å². The highest BCUT2D eigenvalue weighted by molar-refractivity contribution is 5.31. The minimum absolute atomic E-state index is 0.928. The van der Waals surface area contributed by atoms with Gasteiger partial charge in [0.25, 0.3) is 0 Å². The van der Waals surface area contributed by atoms with Gasteiger partial charge < -0.3 is 9.47 Å². The molecule has 2 aromatic rings. The number of nitrogens with zero attached hydrogens (tertiary/aromatic N) is 5. The molecule has 0 unspecified atom stereocenters. The fraction of sp³-hybridized carbons (Fsp3) is 0.500. The molecule has 5 nitrogen and oxygen atoms in total. The summed E-state index contributed by atoms with van der Waals surface area (Å²) in [5.41, 5.74) is 1.39. The number of rotatable bonds is 4. The maximum Gasteiger partial charge on any atom is 0.227 e. The molecular weight excluding hydrogens is 262 g/mol. The first-order valence-corrected chi connectivity index (χ1v) is 7.67. The molecule has 1 aliphatic heterocycles. The monoisotopic (exact) mass is 285 g/mol. The zero-order chi connectivity index (χ0) is 14.7. The number of aromatic nitrogens is 3. The van der Waals surface area contributed by atoms with Crippen LogP contribution in [0, 0.1) is 0 Å². The fourth-order valence-corrected chi connectivity index (χ4v) is 2.88. The van der Waals surface area contributed by atoms with Gasteiger partial charge in [0.05, 0.1) is 0 Å². The quantitative estimate of drug-likeness (QED) is 0.857. The van der Waals surface area contributed by atoms with Gasteiger partial charge in [-0.15, -0.1) is 10.2 Å². The van der Waals surface area contributed by atoms with Crippen LogP contribution >= 0.6 is 0 Å². The average Bonchev–Trinajstić information content (AvgIpc) is 2.90. The van der Waals surface area contributed by atoms with Gasteiger partial charge in [-0.25, -0.2) is 0 Å². The summed E-state index contributed by atoms with van der Waals surface area (Å²) in [6, 6.07) is 10.7. The average molecular weight is 285 g/mol. The van der Waals surface area contributed by atoms with E-state index < -0.39 is 0 Å². The Morgan fingerprint density at radius 1 is 1.00 bits per heavy atom. The van der Waals surface area contributed by atoms with Crippen molar-refractivity contribution in [1.29, 1.82) is 0 Å². The molecule has 112 valence electrons. The lowest BCUT2D eigenvalue weighted by Crippen LogP contribution is -2.46. The standard InChI is InChI=1S/C16H23N5/c1-3-15-17-18-16(19(15)2)21-11-9-20(10-12-21)13-14-7-5-4-6-8-14/h4-8H,3,9-13H2,1-2H3. The first-order valence-electron chi connectivity index (χ1n) is 7.67. The molecule has 1 fully saturated rings. The first kappa shape index (κ1) is 14.1. The van der Waals surface area contributed by atoms with Crippen LogP contribution in [-0.4, -0.2) is 45.8 Å². The van der Waals surface area contributed by atoms with Gasteiger partial charge in [0.1, 0.15) is 5.82 Å². The van der Waals surface area contributed by atoms with E-state index >= 15 is 0 Å². The van der Waals surface area contributed by atoms with Crippen molar-refractivity contribution in [3.63, 3.8) is 0 Å². The van der Waals surface area contributed by atoms with Crippen LogP contribution in [0.5, 0.6) is 0 Å². The minimum atomic E-state index is 0.928. The van der Waals surface area contributed by atoms with E-state index in [9.17, 15) is 0 Å². The van der Waals surface area contributed by atoms with Crippen LogP contribution in [0.2, 0.25) is 0 Å². The summed E-state index contributed by atoms with van der Waals surface area (Å²) in [4.78, 5) is 4.84. The summed E-state index contributed by atoms with van der Waals surface area (Å²) in [6.07, 6.45) is 0.928. The molecular formula is C16H23N5. The summed E-state index contributed by atoms with van der Waals surface area (Å²) in [5, 5.41) is 8.59. The highest BCUT2D eigenvalue weighted by Crippen LogP contribution is 2.15. The van der Waals surface area contributed by atoms with Crippen molar-refractivity contribution < 1.29 is 0 Å². The summed E-state index contributed by atoms with van der Waals surface area (Å²) >= 11 is 0. The van der Waals surface area contributed by atoms with Crippen molar-refractivity contribution in [3.05, 3.63) is 41.7 Å². The van der Waals surface area contributed by atoms with Gasteiger partial charge in [-0.05, 0) is 5.56 Å². The van der Waals surface area contributed by atoms with Gasteiger partial charge in [0.15, 0.2) is 0 Å². The topological polar surface area (TPSA) is 37.2 Å². The van der Waals surface area contributed by atoms with Crippen molar-refractivity contribution in [2.24, 2.45) is 7.05 Å². The van der Waals surface area contributed by atoms with Crippen LogP contribution in [0.3, 0.4) is 0 Å². The Kier molecular flexibility index (Phi) is 4.20. The Hall–Kier alpha value is -1.88. The summed E-state index contributed by atoms with van der Waals surface area (Å²) < 4.78 is 2.12. The highest BCUT2D eigenvalue weighted by Gasteiger charge is 2.21. The molecule has 2 heterocycles. The van der Waals surface area contributed by atoms with Crippen LogP contribution in [-0.2, 0) is 20.0 Å². The number of anilines is 1. The van der Waals surface area contributed by atoms with Crippen molar-refractivity contribution in [3.8, 4) is 0 Å². The van der Waals surface area contributed by atoms with Crippen molar-refractivity contribution in [2.45, 2.75) is 19.9 Å². The van der Waals surface area contributed by atoms with E-state index in [4.69, 9.17) is 0 Å². The van der Waals surface area contributed by atoms with Gasteiger partial charge in [-0.3, -0.25) is 4.90 Å². The van der Waals surface area contributed by atoms with Gasteiger partial charge in [-0.1, -0.05) is 37.3 Å². The molecule has 0 N–H and O–H groups in total. The van der Waals surface area contributed by atoms with E-state index in [1.165, 1.54) is 5.56 Å². The van der Waals surface area contributed by atoms with E-state index in [-0.39, 0.29) is 0 Å². The van der Waals surface area contributed by atoms with E-state index in [1.807, 2.05) is 0 Å². The smallest absolute Gasteiger partial charge is 0.227 e. The van der Waals surface area contributed by atoms with Gasteiger partial charge >= 0.3 is 0 Å². The van der Waals surface area contributed by atoms with E-state index in [0.29, 0.717) is 0 Å². The van der Waals surface area contributed by atoms with Gasteiger partial charge in [0.2, 0.25) is 5.95 Å². The summed E-state index contributed by atoms with van der Waals surface area (Å²) in [7, 11) is 2.06. The van der Waals surface area contributed by atoms with E-state index in [0.717, 1.165) is 50.9 Å². The lowest BCUT2D eigenvalue weighted by atomic mass is 10.2. The number of benzene rings is 1. The molecule has 0 bridgehead atoms. The third-order valence-electron chi connectivity index (χ3n) is 4.16. The minimum Gasteiger partial charge on any atom is -0.338 e. The Bertz CT molecular complexity index is 570. The van der Waals surface area contributed by atoms with Gasteiger partial charge in [0, 0.05) is 46.2 Å². The number of piperazine rings is 1. The predicted molar refractivity (Wildman–Crippen MR) is 84.3 cm³/mol. The van der Waals surface area contributed by atoms with E-state index in [2.05, 4.69) is 68.9 Å². The molecule has 5 heteroatoms. The Morgan fingerprint density at radius 2 is 1.71 bits per heavy atom. The number of hydrogen-bond donors (Lipinski definition) is 0. The molecule has 1 aromatic carbocycles. The second kappa shape index (κ2) is 6.26. The largest absolute Gasteiger partial charge is 0.338 e. The number of aryl methyl sites for hydroxylation is 1. The molecule has 1 aromatic heterocycles. The third kappa shape index (κ3) is 3.08. The zero-order valence-electron chi connectivity index (χ0n) is 12.9. The first-order chi connectivity index (χ1) is 10.3. The summed E-state index contributed by atoms with van der Waals surface area (Å²) in [5.74, 6) is 2.06. The van der Waals surface area contributed by atoms with E-state index in [1.54, 1.807) is 0 Å². The highest BCUT2D eigenvalue weighted by atomic mass is 15.4. The predicted octanol–water partition coefficient (Wildman–Crippen LogP) is 1.70. The Balaban J connectivity index is 1.59. The lowest BCUT2D eigenvalue weighted by Gasteiger charge is -2.35.